The first-order valence-corrected chi connectivity index (χ1v) is 11.0. The Morgan fingerprint density at radius 1 is 0.933 bits per heavy atom. The van der Waals surface area contributed by atoms with Crippen LogP contribution in [0.2, 0.25) is 10.0 Å². The van der Waals surface area contributed by atoms with Gasteiger partial charge >= 0.3 is 0 Å². The first kappa shape index (κ1) is 22.0. The zero-order chi connectivity index (χ0) is 21.9. The summed E-state index contributed by atoms with van der Waals surface area (Å²) in [5, 5.41) is 3.23. The fraction of sp³-hybridized carbons (Fsp3) is 0.0952. The minimum absolute atomic E-state index is 0.0615. The molecule has 0 bridgehead atoms. The highest BCUT2D eigenvalue weighted by Gasteiger charge is 2.19. The number of anilines is 2. The Kier molecular flexibility index (Phi) is 6.55. The first-order chi connectivity index (χ1) is 14.2. The maximum atomic E-state index is 12.8. The van der Waals surface area contributed by atoms with Gasteiger partial charge in [0.15, 0.2) is 0 Å². The quantitative estimate of drug-likeness (QED) is 0.513. The molecule has 0 saturated heterocycles. The van der Waals surface area contributed by atoms with Crippen molar-refractivity contribution < 1.29 is 17.9 Å². The Labute approximate surface area is 184 Å². The molecule has 3 aromatic rings. The Hall–Kier alpha value is -2.74. The summed E-state index contributed by atoms with van der Waals surface area (Å²) in [7, 11) is -2.53. The third kappa shape index (κ3) is 5.05. The van der Waals surface area contributed by atoms with Gasteiger partial charge in [-0.1, -0.05) is 40.9 Å². The van der Waals surface area contributed by atoms with E-state index >= 15 is 0 Å². The van der Waals surface area contributed by atoms with E-state index in [0.717, 1.165) is 5.56 Å². The molecular formula is C21H18Cl2N2O4S. The number of amides is 1. The maximum Gasteiger partial charge on any atom is 0.261 e. The van der Waals surface area contributed by atoms with Crippen LogP contribution in [0.3, 0.4) is 0 Å². The molecule has 0 aliphatic heterocycles. The van der Waals surface area contributed by atoms with E-state index in [2.05, 4.69) is 10.0 Å². The summed E-state index contributed by atoms with van der Waals surface area (Å²) in [5.41, 5.74) is 1.93. The van der Waals surface area contributed by atoms with Gasteiger partial charge in [0.1, 0.15) is 5.75 Å². The molecule has 0 aliphatic rings. The van der Waals surface area contributed by atoms with Gasteiger partial charge in [-0.2, -0.15) is 0 Å². The van der Waals surface area contributed by atoms with Gasteiger partial charge in [-0.05, 0) is 55.5 Å². The fourth-order valence-electron chi connectivity index (χ4n) is 2.63. The summed E-state index contributed by atoms with van der Waals surface area (Å²) in [6.07, 6.45) is 0. The Bertz CT molecular complexity index is 1200. The van der Waals surface area contributed by atoms with Gasteiger partial charge in [0, 0.05) is 5.56 Å². The molecule has 30 heavy (non-hydrogen) atoms. The van der Waals surface area contributed by atoms with Crippen LogP contribution in [0, 0.1) is 6.92 Å². The zero-order valence-electron chi connectivity index (χ0n) is 16.1. The van der Waals surface area contributed by atoms with Crippen LogP contribution in [0.15, 0.2) is 65.6 Å². The Balaban J connectivity index is 1.89. The minimum atomic E-state index is -3.96. The normalized spacial score (nSPS) is 11.1. The molecule has 2 N–H and O–H groups in total. The average Bonchev–Trinajstić information content (AvgIpc) is 2.71. The summed E-state index contributed by atoms with van der Waals surface area (Å²) in [6.45, 7) is 1.92. The summed E-state index contributed by atoms with van der Waals surface area (Å²) in [4.78, 5) is 12.5. The van der Waals surface area contributed by atoms with Crippen LogP contribution >= 0.6 is 23.2 Å². The minimum Gasteiger partial charge on any atom is -0.495 e. The topological polar surface area (TPSA) is 84.5 Å². The molecule has 156 valence electrons. The van der Waals surface area contributed by atoms with Crippen LogP contribution in [0.25, 0.3) is 0 Å². The molecule has 9 heteroatoms. The molecule has 0 heterocycles. The number of nitrogens with one attached hydrogen (secondary N) is 2. The highest BCUT2D eigenvalue weighted by Crippen LogP contribution is 2.30. The Morgan fingerprint density at radius 2 is 1.63 bits per heavy atom. The first-order valence-electron chi connectivity index (χ1n) is 8.73. The van der Waals surface area contributed by atoms with E-state index < -0.39 is 10.0 Å². The second-order valence-corrected chi connectivity index (χ2v) is 8.91. The lowest BCUT2D eigenvalue weighted by Gasteiger charge is -2.14. The van der Waals surface area contributed by atoms with Crippen molar-refractivity contribution >= 4 is 50.5 Å². The van der Waals surface area contributed by atoms with Gasteiger partial charge in [-0.15, -0.1) is 0 Å². The molecule has 3 aromatic carbocycles. The number of sulfonamides is 1. The van der Waals surface area contributed by atoms with E-state index in [9.17, 15) is 13.2 Å². The predicted octanol–water partition coefficient (Wildman–Crippen LogP) is 5.36. The average molecular weight is 465 g/mol. The van der Waals surface area contributed by atoms with E-state index in [1.165, 1.54) is 43.5 Å². The molecular weight excluding hydrogens is 447 g/mol. The van der Waals surface area contributed by atoms with Crippen molar-refractivity contribution in [1.29, 1.82) is 0 Å². The fourth-order valence-corrected chi connectivity index (χ4v) is 4.00. The van der Waals surface area contributed by atoms with Crippen molar-refractivity contribution in [3.63, 3.8) is 0 Å². The lowest BCUT2D eigenvalue weighted by molar-refractivity contribution is 0.102. The van der Waals surface area contributed by atoms with Gasteiger partial charge in [0.05, 0.1) is 33.4 Å². The second kappa shape index (κ2) is 8.95. The number of ether oxygens (including phenoxy) is 1. The monoisotopic (exact) mass is 464 g/mol. The van der Waals surface area contributed by atoms with Gasteiger partial charge in [-0.3, -0.25) is 9.52 Å². The molecule has 1 amide bonds. The standard InChI is InChI=1S/C21H18Cl2N2O4S/c1-13-3-5-14(6-4-13)21(26)24-19-12-16(8-10-20(19)29-2)30(27,28)25-15-7-9-17(22)18(23)11-15/h3-12,25H,1-2H3,(H,24,26). The molecule has 0 aromatic heterocycles. The second-order valence-electron chi connectivity index (χ2n) is 6.42. The summed E-state index contributed by atoms with van der Waals surface area (Å²) < 4.78 is 33.3. The molecule has 0 radical (unpaired) electrons. The van der Waals surface area contributed by atoms with Crippen molar-refractivity contribution in [1.82, 2.24) is 0 Å². The number of carbonyl (C=O) groups excluding carboxylic acids is 1. The van der Waals surface area contributed by atoms with Crippen LogP contribution in [0.5, 0.6) is 5.75 Å². The molecule has 3 rings (SSSR count). The van der Waals surface area contributed by atoms with E-state index in [0.29, 0.717) is 16.3 Å². The SMILES string of the molecule is COc1ccc(S(=O)(=O)Nc2ccc(Cl)c(Cl)c2)cc1NC(=O)c1ccc(C)cc1. The highest BCUT2D eigenvalue weighted by atomic mass is 35.5. The van der Waals surface area contributed by atoms with Gasteiger partial charge in [0.2, 0.25) is 0 Å². The number of halogens is 2. The number of hydrogen-bond donors (Lipinski definition) is 2. The van der Waals surface area contributed by atoms with Crippen molar-refractivity contribution in [2.24, 2.45) is 0 Å². The summed E-state index contributed by atoms with van der Waals surface area (Å²) >= 11 is 11.8. The zero-order valence-corrected chi connectivity index (χ0v) is 18.4. The Morgan fingerprint density at radius 3 is 2.27 bits per heavy atom. The molecule has 0 aliphatic carbocycles. The third-order valence-electron chi connectivity index (χ3n) is 4.22. The van der Waals surface area contributed by atoms with Crippen LogP contribution in [-0.4, -0.2) is 21.4 Å². The van der Waals surface area contributed by atoms with Crippen LogP contribution in [0.4, 0.5) is 11.4 Å². The van der Waals surface area contributed by atoms with E-state index in [1.54, 1.807) is 12.1 Å². The molecule has 0 atom stereocenters. The van der Waals surface area contributed by atoms with E-state index in [-0.39, 0.29) is 27.2 Å². The van der Waals surface area contributed by atoms with Crippen molar-refractivity contribution in [2.45, 2.75) is 11.8 Å². The van der Waals surface area contributed by atoms with Gasteiger partial charge in [0.25, 0.3) is 15.9 Å². The van der Waals surface area contributed by atoms with Crippen LogP contribution in [0.1, 0.15) is 15.9 Å². The van der Waals surface area contributed by atoms with Gasteiger partial charge in [-0.25, -0.2) is 8.42 Å². The predicted molar refractivity (Wildman–Crippen MR) is 119 cm³/mol. The largest absolute Gasteiger partial charge is 0.495 e. The molecule has 0 spiro atoms. The van der Waals surface area contributed by atoms with E-state index in [1.807, 2.05) is 19.1 Å². The number of rotatable bonds is 6. The lowest BCUT2D eigenvalue weighted by Crippen LogP contribution is -2.16. The highest BCUT2D eigenvalue weighted by molar-refractivity contribution is 7.92. The number of hydrogen-bond acceptors (Lipinski definition) is 4. The number of carbonyl (C=O) groups is 1. The van der Waals surface area contributed by atoms with Crippen molar-refractivity contribution in [2.75, 3.05) is 17.1 Å². The molecule has 0 saturated carbocycles. The molecule has 6 nitrogen and oxygen atoms in total. The summed E-state index contributed by atoms with van der Waals surface area (Å²) in [6, 6.07) is 15.6. The van der Waals surface area contributed by atoms with Gasteiger partial charge < -0.3 is 10.1 Å². The lowest BCUT2D eigenvalue weighted by atomic mass is 10.1. The van der Waals surface area contributed by atoms with Crippen LogP contribution in [-0.2, 0) is 10.0 Å². The summed E-state index contributed by atoms with van der Waals surface area (Å²) in [5.74, 6) is -0.0655. The van der Waals surface area contributed by atoms with Crippen molar-refractivity contribution in [3.8, 4) is 5.75 Å². The van der Waals surface area contributed by atoms with E-state index in [4.69, 9.17) is 27.9 Å². The number of methoxy groups -OCH3 is 1. The molecule has 0 unspecified atom stereocenters. The smallest absolute Gasteiger partial charge is 0.261 e. The number of benzene rings is 3. The maximum absolute atomic E-state index is 12.8. The van der Waals surface area contributed by atoms with Crippen molar-refractivity contribution in [3.05, 3.63) is 81.8 Å². The van der Waals surface area contributed by atoms with Crippen LogP contribution < -0.4 is 14.8 Å². The molecule has 0 fully saturated rings. The number of aryl methyl sites for hydroxylation is 1. The third-order valence-corrected chi connectivity index (χ3v) is 6.33.